The van der Waals surface area contributed by atoms with Crippen molar-refractivity contribution in [2.45, 2.75) is 103 Å². The van der Waals surface area contributed by atoms with E-state index in [1.54, 1.807) is 0 Å². The average Bonchev–Trinajstić information content (AvgIpc) is 2.76. The van der Waals surface area contributed by atoms with Crippen molar-refractivity contribution in [3.05, 3.63) is 60.7 Å². The van der Waals surface area contributed by atoms with E-state index in [1.807, 2.05) is 29.2 Å². The summed E-state index contributed by atoms with van der Waals surface area (Å²) in [4.78, 5) is 14.5. The highest BCUT2D eigenvalue weighted by molar-refractivity contribution is 5.76. The molecule has 1 aromatic carbocycles. The number of allylic oxidation sites excluding steroid dienone is 2. The maximum absolute atomic E-state index is 12.5. The van der Waals surface area contributed by atoms with Gasteiger partial charge >= 0.3 is 0 Å². The number of hydrogen-bond acceptors (Lipinski definition) is 1. The van der Waals surface area contributed by atoms with Gasteiger partial charge < -0.3 is 4.90 Å². The SMILES string of the molecule is C=CCN(Cc1ccccc1)C(=O)CCCCCCC/C=C\CCCCCCCC. The molecular formula is C28H45NO. The summed E-state index contributed by atoms with van der Waals surface area (Å²) in [7, 11) is 0. The second-order valence-electron chi connectivity index (χ2n) is 8.38. The van der Waals surface area contributed by atoms with Crippen LogP contribution in [-0.4, -0.2) is 17.4 Å². The largest absolute Gasteiger partial charge is 0.335 e. The van der Waals surface area contributed by atoms with Crippen LogP contribution in [0.3, 0.4) is 0 Å². The summed E-state index contributed by atoms with van der Waals surface area (Å²) in [6.45, 7) is 7.37. The van der Waals surface area contributed by atoms with Crippen LogP contribution in [0.2, 0.25) is 0 Å². The molecule has 0 aliphatic carbocycles. The fourth-order valence-corrected chi connectivity index (χ4v) is 3.72. The molecule has 2 heteroatoms. The Bertz CT molecular complexity index is 563. The molecule has 0 bridgehead atoms. The van der Waals surface area contributed by atoms with Gasteiger partial charge in [0.15, 0.2) is 0 Å². The van der Waals surface area contributed by atoms with Gasteiger partial charge in [0.05, 0.1) is 0 Å². The zero-order valence-electron chi connectivity index (χ0n) is 19.5. The van der Waals surface area contributed by atoms with Crippen LogP contribution in [0.5, 0.6) is 0 Å². The predicted octanol–water partition coefficient (Wildman–Crippen LogP) is 8.24. The van der Waals surface area contributed by atoms with Crippen LogP contribution in [0.25, 0.3) is 0 Å². The molecule has 1 rings (SSSR count). The molecule has 1 amide bonds. The van der Waals surface area contributed by atoms with Crippen LogP contribution in [0.1, 0.15) is 102 Å². The van der Waals surface area contributed by atoms with Crippen molar-refractivity contribution in [2.24, 2.45) is 0 Å². The zero-order valence-corrected chi connectivity index (χ0v) is 19.5. The number of amides is 1. The van der Waals surface area contributed by atoms with E-state index in [9.17, 15) is 4.79 Å². The molecule has 0 saturated carbocycles. The quantitative estimate of drug-likeness (QED) is 0.166. The molecule has 0 heterocycles. The van der Waals surface area contributed by atoms with Gasteiger partial charge in [-0.2, -0.15) is 0 Å². The van der Waals surface area contributed by atoms with Crippen LogP contribution >= 0.6 is 0 Å². The number of carbonyl (C=O) groups excluding carboxylic acids is 1. The third kappa shape index (κ3) is 14.2. The van der Waals surface area contributed by atoms with Gasteiger partial charge in [-0.1, -0.05) is 107 Å². The Kier molecular flexibility index (Phi) is 16.7. The maximum atomic E-state index is 12.5. The highest BCUT2D eigenvalue weighted by Crippen LogP contribution is 2.12. The molecule has 0 unspecified atom stereocenters. The first kappa shape index (κ1) is 26.2. The minimum Gasteiger partial charge on any atom is -0.335 e. The first-order valence-corrected chi connectivity index (χ1v) is 12.4. The minimum absolute atomic E-state index is 0.247. The summed E-state index contributed by atoms with van der Waals surface area (Å²) >= 11 is 0. The molecule has 0 aromatic heterocycles. The van der Waals surface area contributed by atoms with Crippen molar-refractivity contribution in [2.75, 3.05) is 6.54 Å². The molecule has 0 fully saturated rings. The molecule has 0 spiro atoms. The van der Waals surface area contributed by atoms with Crippen LogP contribution in [0.15, 0.2) is 55.1 Å². The molecule has 30 heavy (non-hydrogen) atoms. The Labute approximate surface area is 186 Å². The van der Waals surface area contributed by atoms with Gasteiger partial charge in [-0.05, 0) is 37.7 Å². The van der Waals surface area contributed by atoms with Crippen molar-refractivity contribution >= 4 is 5.91 Å². The molecule has 0 N–H and O–H groups in total. The van der Waals surface area contributed by atoms with Crippen LogP contribution in [-0.2, 0) is 11.3 Å². The first-order valence-electron chi connectivity index (χ1n) is 12.4. The van der Waals surface area contributed by atoms with Gasteiger partial charge in [0, 0.05) is 19.5 Å². The highest BCUT2D eigenvalue weighted by atomic mass is 16.2. The van der Waals surface area contributed by atoms with E-state index in [0.29, 0.717) is 19.5 Å². The van der Waals surface area contributed by atoms with Crippen molar-refractivity contribution in [3.8, 4) is 0 Å². The minimum atomic E-state index is 0.247. The zero-order chi connectivity index (χ0) is 21.7. The Hall–Kier alpha value is -1.83. The lowest BCUT2D eigenvalue weighted by molar-refractivity contribution is -0.131. The van der Waals surface area contributed by atoms with Gasteiger partial charge in [0.25, 0.3) is 0 Å². The summed E-state index contributed by atoms with van der Waals surface area (Å²) in [5.74, 6) is 0.247. The lowest BCUT2D eigenvalue weighted by Crippen LogP contribution is -2.30. The third-order valence-electron chi connectivity index (χ3n) is 5.57. The van der Waals surface area contributed by atoms with E-state index in [4.69, 9.17) is 0 Å². The van der Waals surface area contributed by atoms with Crippen molar-refractivity contribution < 1.29 is 4.79 Å². The lowest BCUT2D eigenvalue weighted by Gasteiger charge is -2.21. The molecule has 0 saturated heterocycles. The average molecular weight is 412 g/mol. The molecule has 0 radical (unpaired) electrons. The summed E-state index contributed by atoms with van der Waals surface area (Å²) in [5.41, 5.74) is 1.18. The van der Waals surface area contributed by atoms with E-state index in [1.165, 1.54) is 76.2 Å². The maximum Gasteiger partial charge on any atom is 0.223 e. The smallest absolute Gasteiger partial charge is 0.223 e. The normalized spacial score (nSPS) is 11.1. The van der Waals surface area contributed by atoms with Crippen molar-refractivity contribution in [1.82, 2.24) is 4.90 Å². The second-order valence-corrected chi connectivity index (χ2v) is 8.38. The van der Waals surface area contributed by atoms with Gasteiger partial charge in [0.1, 0.15) is 0 Å². The van der Waals surface area contributed by atoms with Crippen LogP contribution in [0.4, 0.5) is 0 Å². The molecule has 0 aliphatic heterocycles. The topological polar surface area (TPSA) is 20.3 Å². The van der Waals surface area contributed by atoms with Crippen molar-refractivity contribution in [3.63, 3.8) is 0 Å². The Morgan fingerprint density at radius 3 is 2.00 bits per heavy atom. The first-order chi connectivity index (χ1) is 14.8. The standard InChI is InChI=1S/C28H45NO/c1-3-5-6-7-8-9-10-11-12-13-14-15-16-17-21-24-28(30)29(25-4-2)26-27-22-19-18-20-23-27/h4,11-12,18-20,22-23H,2-3,5-10,13-17,21,24-26H2,1H3/b12-11-. The molecule has 0 atom stereocenters. The summed E-state index contributed by atoms with van der Waals surface area (Å²) in [6.07, 6.45) is 23.9. The lowest BCUT2D eigenvalue weighted by atomic mass is 10.1. The van der Waals surface area contributed by atoms with Gasteiger partial charge in [0.2, 0.25) is 5.91 Å². The van der Waals surface area contributed by atoms with Crippen LogP contribution in [0, 0.1) is 0 Å². The van der Waals surface area contributed by atoms with E-state index >= 15 is 0 Å². The van der Waals surface area contributed by atoms with Crippen molar-refractivity contribution in [1.29, 1.82) is 0 Å². The Balaban J connectivity index is 2.01. The molecule has 2 nitrogen and oxygen atoms in total. The Morgan fingerprint density at radius 1 is 0.833 bits per heavy atom. The number of carbonyl (C=O) groups is 1. The highest BCUT2D eigenvalue weighted by Gasteiger charge is 2.12. The van der Waals surface area contributed by atoms with Gasteiger partial charge in [-0.15, -0.1) is 6.58 Å². The Morgan fingerprint density at radius 2 is 1.40 bits per heavy atom. The van der Waals surface area contributed by atoms with E-state index < -0.39 is 0 Å². The number of unbranched alkanes of at least 4 members (excludes halogenated alkanes) is 11. The second kappa shape index (κ2) is 19.2. The summed E-state index contributed by atoms with van der Waals surface area (Å²) in [5, 5.41) is 0. The molecule has 0 aliphatic rings. The summed E-state index contributed by atoms with van der Waals surface area (Å²) < 4.78 is 0. The summed E-state index contributed by atoms with van der Waals surface area (Å²) in [6, 6.07) is 10.2. The molecule has 168 valence electrons. The van der Waals surface area contributed by atoms with E-state index in [0.717, 1.165) is 12.8 Å². The monoisotopic (exact) mass is 411 g/mol. The fourth-order valence-electron chi connectivity index (χ4n) is 3.72. The molecule has 1 aromatic rings. The van der Waals surface area contributed by atoms with Crippen LogP contribution < -0.4 is 0 Å². The third-order valence-corrected chi connectivity index (χ3v) is 5.57. The number of hydrogen-bond donors (Lipinski definition) is 0. The number of nitrogens with zero attached hydrogens (tertiary/aromatic N) is 1. The van der Waals surface area contributed by atoms with E-state index in [-0.39, 0.29) is 5.91 Å². The number of rotatable bonds is 19. The fraction of sp³-hybridized carbons (Fsp3) is 0.607. The predicted molar refractivity (Wildman–Crippen MR) is 132 cm³/mol. The molecular weight excluding hydrogens is 366 g/mol. The van der Waals surface area contributed by atoms with Gasteiger partial charge in [-0.25, -0.2) is 0 Å². The van der Waals surface area contributed by atoms with Gasteiger partial charge in [-0.3, -0.25) is 4.79 Å². The number of benzene rings is 1. The van der Waals surface area contributed by atoms with E-state index in [2.05, 4.69) is 37.8 Å².